The summed E-state index contributed by atoms with van der Waals surface area (Å²) in [7, 11) is 2.04. The molecule has 0 radical (unpaired) electrons. The molecule has 0 bridgehead atoms. The smallest absolute Gasteiger partial charge is 0.161 e. The van der Waals surface area contributed by atoms with E-state index in [0.29, 0.717) is 13.2 Å². The van der Waals surface area contributed by atoms with Crippen LogP contribution in [0.3, 0.4) is 0 Å². The number of hydrogen-bond acceptors (Lipinski definition) is 5. The first kappa shape index (κ1) is 17.0. The van der Waals surface area contributed by atoms with Crippen molar-refractivity contribution >= 4 is 34.0 Å². The molecule has 28 heavy (non-hydrogen) atoms. The molecule has 2 aromatic carbocycles. The zero-order chi connectivity index (χ0) is 19.1. The molecule has 0 aliphatic carbocycles. The lowest BCUT2D eigenvalue weighted by atomic mass is 10.1. The van der Waals surface area contributed by atoms with E-state index in [2.05, 4.69) is 22.1 Å². The number of aromatic nitrogens is 3. The molecule has 5 rings (SSSR count). The van der Waals surface area contributed by atoms with Gasteiger partial charge in [-0.15, -0.1) is 11.3 Å². The van der Waals surface area contributed by atoms with E-state index in [1.165, 1.54) is 0 Å². The van der Waals surface area contributed by atoms with Crippen molar-refractivity contribution in [1.82, 2.24) is 14.5 Å². The summed E-state index contributed by atoms with van der Waals surface area (Å²) in [6.45, 7) is 3.17. The van der Waals surface area contributed by atoms with Crippen LogP contribution in [-0.4, -0.2) is 27.7 Å². The minimum absolute atomic E-state index is 0.573. The van der Waals surface area contributed by atoms with E-state index in [-0.39, 0.29) is 0 Å². The zero-order valence-corrected chi connectivity index (χ0v) is 16.5. The monoisotopic (exact) mass is 389 g/mol. The highest BCUT2D eigenvalue weighted by atomic mass is 32.1. The molecule has 0 fully saturated rings. The Morgan fingerprint density at radius 2 is 1.89 bits per heavy atom. The largest absolute Gasteiger partial charge is 0.486 e. The maximum Gasteiger partial charge on any atom is 0.161 e. The van der Waals surface area contributed by atoms with Gasteiger partial charge in [0.2, 0.25) is 0 Å². The van der Waals surface area contributed by atoms with Crippen molar-refractivity contribution in [2.24, 2.45) is 7.05 Å². The van der Waals surface area contributed by atoms with Gasteiger partial charge in [-0.25, -0.2) is 9.97 Å². The summed E-state index contributed by atoms with van der Waals surface area (Å²) in [5.41, 5.74) is 5.10. The third-order valence-electron chi connectivity index (χ3n) is 4.75. The van der Waals surface area contributed by atoms with E-state index in [1.807, 2.05) is 50.4 Å². The maximum absolute atomic E-state index is 5.74. The van der Waals surface area contributed by atoms with Gasteiger partial charge in [-0.3, -0.25) is 0 Å². The first-order valence-electron chi connectivity index (χ1n) is 9.15. The van der Waals surface area contributed by atoms with E-state index in [9.17, 15) is 0 Å². The Morgan fingerprint density at radius 3 is 2.68 bits per heavy atom. The summed E-state index contributed by atoms with van der Waals surface area (Å²) in [5, 5.41) is 3.01. The highest BCUT2D eigenvalue weighted by Gasteiger charge is 2.18. The SMILES string of the molecule is Cc1csc(/C(=C/c2ccc3c(c2)OCCO3)c2nc3ccccc3n2C)n1. The third-order valence-corrected chi connectivity index (χ3v) is 5.75. The van der Waals surface area contributed by atoms with Crippen LogP contribution >= 0.6 is 11.3 Å². The van der Waals surface area contributed by atoms with Gasteiger partial charge in [0.25, 0.3) is 0 Å². The van der Waals surface area contributed by atoms with Crippen molar-refractivity contribution in [2.45, 2.75) is 6.92 Å². The number of ether oxygens (including phenoxy) is 2. The molecule has 0 atom stereocenters. The Bertz CT molecular complexity index is 1210. The van der Waals surface area contributed by atoms with E-state index in [1.54, 1.807) is 11.3 Å². The minimum atomic E-state index is 0.573. The minimum Gasteiger partial charge on any atom is -0.486 e. The summed E-state index contributed by atoms with van der Waals surface area (Å²) in [5.74, 6) is 2.46. The van der Waals surface area contributed by atoms with Crippen LogP contribution in [0.15, 0.2) is 47.8 Å². The number of benzene rings is 2. The molecule has 0 amide bonds. The van der Waals surface area contributed by atoms with Crippen molar-refractivity contribution in [1.29, 1.82) is 0 Å². The Morgan fingerprint density at radius 1 is 1.07 bits per heavy atom. The molecule has 1 aliphatic rings. The van der Waals surface area contributed by atoms with Crippen molar-refractivity contribution in [3.05, 3.63) is 69.9 Å². The van der Waals surface area contributed by atoms with Crippen LogP contribution in [0.1, 0.15) is 22.1 Å². The summed E-state index contributed by atoms with van der Waals surface area (Å²) >= 11 is 1.63. The number of hydrogen-bond donors (Lipinski definition) is 0. The molecule has 5 nitrogen and oxygen atoms in total. The topological polar surface area (TPSA) is 49.2 Å². The molecular formula is C22H19N3O2S. The second-order valence-corrected chi connectivity index (χ2v) is 7.60. The van der Waals surface area contributed by atoms with Gasteiger partial charge in [-0.1, -0.05) is 18.2 Å². The standard InChI is InChI=1S/C22H19N3O2S/c1-14-13-28-22(23-14)16(21-24-17-5-3-4-6-18(17)25(21)2)11-15-7-8-19-20(12-15)27-10-9-26-19/h3-8,11-13H,9-10H2,1-2H3/b16-11+. The number of aryl methyl sites for hydroxylation is 2. The molecule has 0 spiro atoms. The fourth-order valence-electron chi connectivity index (χ4n) is 3.40. The van der Waals surface area contributed by atoms with E-state index in [4.69, 9.17) is 19.4 Å². The van der Waals surface area contributed by atoms with Crippen LogP contribution < -0.4 is 9.47 Å². The van der Waals surface area contributed by atoms with Crippen LogP contribution in [0.5, 0.6) is 11.5 Å². The Hall–Kier alpha value is -3.12. The fraction of sp³-hybridized carbons (Fsp3) is 0.182. The number of rotatable bonds is 3. The highest BCUT2D eigenvalue weighted by Crippen LogP contribution is 2.34. The molecule has 6 heteroatoms. The van der Waals surface area contributed by atoms with E-state index >= 15 is 0 Å². The molecule has 0 unspecified atom stereocenters. The molecule has 2 aromatic heterocycles. The summed E-state index contributed by atoms with van der Waals surface area (Å²) in [4.78, 5) is 9.61. The van der Waals surface area contributed by atoms with E-state index in [0.717, 1.165) is 50.2 Å². The fourth-order valence-corrected chi connectivity index (χ4v) is 4.21. The molecule has 0 saturated carbocycles. The predicted octanol–water partition coefficient (Wildman–Crippen LogP) is 4.70. The molecular weight excluding hydrogens is 370 g/mol. The molecule has 1 aliphatic heterocycles. The lowest BCUT2D eigenvalue weighted by Gasteiger charge is -2.18. The number of imidazole rings is 1. The molecule has 3 heterocycles. The average molecular weight is 389 g/mol. The summed E-state index contributed by atoms with van der Waals surface area (Å²) < 4.78 is 13.5. The maximum atomic E-state index is 5.74. The van der Waals surface area contributed by atoms with Crippen molar-refractivity contribution < 1.29 is 9.47 Å². The van der Waals surface area contributed by atoms with E-state index < -0.39 is 0 Å². The summed E-state index contributed by atoms with van der Waals surface area (Å²) in [6.07, 6.45) is 2.12. The van der Waals surface area contributed by atoms with Gasteiger partial charge in [-0.05, 0) is 42.8 Å². The van der Waals surface area contributed by atoms with Gasteiger partial charge in [-0.2, -0.15) is 0 Å². The van der Waals surface area contributed by atoms with Gasteiger partial charge in [0.15, 0.2) is 11.5 Å². The van der Waals surface area contributed by atoms with Crippen LogP contribution in [0.2, 0.25) is 0 Å². The van der Waals surface area contributed by atoms with Crippen LogP contribution in [0, 0.1) is 6.92 Å². The normalized spacial score (nSPS) is 13.9. The van der Waals surface area contributed by atoms with Crippen LogP contribution in [0.25, 0.3) is 22.7 Å². The lowest BCUT2D eigenvalue weighted by Crippen LogP contribution is -2.15. The third kappa shape index (κ3) is 2.96. The summed E-state index contributed by atoms with van der Waals surface area (Å²) in [6, 6.07) is 14.2. The van der Waals surface area contributed by atoms with Gasteiger partial charge in [0.05, 0.1) is 16.6 Å². The number of thiazole rings is 1. The Balaban J connectivity index is 1.68. The van der Waals surface area contributed by atoms with Gasteiger partial charge in [0, 0.05) is 18.1 Å². The second-order valence-electron chi connectivity index (χ2n) is 6.74. The Kier molecular flexibility index (Phi) is 4.13. The van der Waals surface area contributed by atoms with Crippen molar-refractivity contribution in [3.8, 4) is 11.5 Å². The quantitative estimate of drug-likeness (QED) is 0.510. The van der Waals surface area contributed by atoms with Crippen LogP contribution in [-0.2, 0) is 7.05 Å². The van der Waals surface area contributed by atoms with Gasteiger partial charge < -0.3 is 14.0 Å². The molecule has 0 saturated heterocycles. The molecule has 4 aromatic rings. The Labute approximate surface area is 166 Å². The number of para-hydroxylation sites is 2. The van der Waals surface area contributed by atoms with Crippen molar-refractivity contribution in [2.75, 3.05) is 13.2 Å². The van der Waals surface area contributed by atoms with Crippen LogP contribution in [0.4, 0.5) is 0 Å². The molecule has 0 N–H and O–H groups in total. The lowest BCUT2D eigenvalue weighted by molar-refractivity contribution is 0.171. The average Bonchev–Trinajstić information content (AvgIpc) is 3.30. The van der Waals surface area contributed by atoms with Gasteiger partial charge >= 0.3 is 0 Å². The first-order valence-corrected chi connectivity index (χ1v) is 10.0. The van der Waals surface area contributed by atoms with Crippen molar-refractivity contribution in [3.63, 3.8) is 0 Å². The first-order chi connectivity index (χ1) is 13.7. The predicted molar refractivity (Wildman–Crippen MR) is 112 cm³/mol. The second kappa shape index (κ2) is 6.80. The number of fused-ring (bicyclic) bond motifs is 2. The van der Waals surface area contributed by atoms with Gasteiger partial charge in [0.1, 0.15) is 24.0 Å². The molecule has 140 valence electrons. The zero-order valence-electron chi connectivity index (χ0n) is 15.7. The number of nitrogens with zero attached hydrogens (tertiary/aromatic N) is 3. The highest BCUT2D eigenvalue weighted by molar-refractivity contribution is 7.11.